The lowest BCUT2D eigenvalue weighted by molar-refractivity contribution is 0.574. The minimum atomic E-state index is -0.590. The Morgan fingerprint density at radius 2 is 2.00 bits per heavy atom. The lowest BCUT2D eigenvalue weighted by Crippen LogP contribution is -1.94. The molecule has 0 spiro atoms. The number of pyridine rings is 1. The number of thiophene rings is 1. The van der Waals surface area contributed by atoms with Gasteiger partial charge in [-0.15, -0.1) is 11.3 Å². The third-order valence-electron chi connectivity index (χ3n) is 4.19. The topological polar surface area (TPSA) is 28.7 Å². The van der Waals surface area contributed by atoms with Crippen molar-refractivity contribution in [3.63, 3.8) is 0 Å². The van der Waals surface area contributed by atoms with Crippen LogP contribution in [0, 0.1) is 11.6 Å². The van der Waals surface area contributed by atoms with Crippen molar-refractivity contribution in [2.75, 3.05) is 0 Å². The third-order valence-corrected chi connectivity index (χ3v) is 5.47. The van der Waals surface area contributed by atoms with Gasteiger partial charge in [0, 0.05) is 39.9 Å². The number of hydrogen-bond acceptors (Lipinski definition) is 2. The van der Waals surface area contributed by atoms with Crippen LogP contribution in [-0.4, -0.2) is 9.97 Å². The normalized spacial score (nSPS) is 11.4. The van der Waals surface area contributed by atoms with Crippen molar-refractivity contribution in [3.8, 4) is 21.6 Å². The van der Waals surface area contributed by atoms with Crippen LogP contribution in [0.3, 0.4) is 0 Å². The van der Waals surface area contributed by atoms with Crippen LogP contribution in [-0.2, 0) is 6.42 Å². The molecule has 0 saturated heterocycles. The first-order chi connectivity index (χ1) is 12.1. The van der Waals surface area contributed by atoms with E-state index in [1.54, 1.807) is 12.4 Å². The highest BCUT2D eigenvalue weighted by Crippen LogP contribution is 2.36. The number of fused-ring (bicyclic) bond motifs is 1. The third kappa shape index (κ3) is 2.83. The number of benzene rings is 1. The second-order valence-corrected chi connectivity index (χ2v) is 7.41. The second-order valence-electron chi connectivity index (χ2n) is 5.69. The quantitative estimate of drug-likeness (QED) is 0.438. The van der Waals surface area contributed by atoms with Gasteiger partial charge in [0.15, 0.2) is 0 Å². The zero-order valence-electron chi connectivity index (χ0n) is 13.2. The highest BCUT2D eigenvalue weighted by atomic mass is 35.5. The molecule has 0 fully saturated rings. The summed E-state index contributed by atoms with van der Waals surface area (Å²) in [5, 5.41) is 0.821. The molecule has 1 N–H and O–H groups in total. The maximum atomic E-state index is 14.2. The van der Waals surface area contributed by atoms with Crippen LogP contribution >= 0.6 is 22.9 Å². The van der Waals surface area contributed by atoms with Crippen molar-refractivity contribution in [3.05, 3.63) is 64.3 Å². The number of H-pyrrole nitrogens is 1. The van der Waals surface area contributed by atoms with Gasteiger partial charge in [0.25, 0.3) is 0 Å². The number of aromatic amines is 1. The monoisotopic (exact) mass is 374 g/mol. The first kappa shape index (κ1) is 16.2. The molecule has 0 saturated carbocycles. The lowest BCUT2D eigenvalue weighted by atomic mass is 9.97. The number of aromatic nitrogens is 2. The lowest BCUT2D eigenvalue weighted by Gasteiger charge is -2.09. The van der Waals surface area contributed by atoms with Crippen molar-refractivity contribution in [1.29, 1.82) is 0 Å². The van der Waals surface area contributed by atoms with Gasteiger partial charge in [0.05, 0.1) is 4.34 Å². The maximum Gasteiger partial charge on any atom is 0.137 e. The maximum absolute atomic E-state index is 14.2. The van der Waals surface area contributed by atoms with Gasteiger partial charge in [-0.25, -0.2) is 13.8 Å². The second kappa shape index (κ2) is 6.24. The molecule has 4 aromatic rings. The molecule has 0 aliphatic rings. The van der Waals surface area contributed by atoms with E-state index >= 15 is 0 Å². The average molecular weight is 375 g/mol. The Balaban J connectivity index is 1.94. The van der Waals surface area contributed by atoms with E-state index in [4.69, 9.17) is 11.6 Å². The molecule has 0 aliphatic carbocycles. The van der Waals surface area contributed by atoms with Crippen LogP contribution in [0.4, 0.5) is 8.78 Å². The molecule has 1 aromatic carbocycles. The molecule has 0 unspecified atom stereocenters. The van der Waals surface area contributed by atoms with Crippen molar-refractivity contribution in [2.24, 2.45) is 0 Å². The minimum Gasteiger partial charge on any atom is -0.346 e. The fraction of sp³-hybridized carbons (Fsp3) is 0.105. The highest BCUT2D eigenvalue weighted by Gasteiger charge is 2.16. The molecule has 4 rings (SSSR count). The molecule has 0 amide bonds. The summed E-state index contributed by atoms with van der Waals surface area (Å²) in [4.78, 5) is 8.51. The zero-order valence-corrected chi connectivity index (χ0v) is 14.8. The molecule has 0 bridgehead atoms. The van der Waals surface area contributed by atoms with E-state index in [9.17, 15) is 8.78 Å². The predicted molar refractivity (Wildman–Crippen MR) is 99.1 cm³/mol. The summed E-state index contributed by atoms with van der Waals surface area (Å²) in [5.74, 6) is -1.12. The van der Waals surface area contributed by atoms with Gasteiger partial charge in [-0.3, -0.25) is 0 Å². The molecule has 6 heteroatoms. The van der Waals surface area contributed by atoms with Gasteiger partial charge < -0.3 is 4.98 Å². The van der Waals surface area contributed by atoms with Gasteiger partial charge in [-0.05, 0) is 41.8 Å². The molecule has 3 heterocycles. The number of nitrogens with one attached hydrogen (secondary N) is 1. The predicted octanol–water partition coefficient (Wildman–Crippen LogP) is 6.45. The fourth-order valence-electron chi connectivity index (χ4n) is 3.03. The van der Waals surface area contributed by atoms with Crippen molar-refractivity contribution in [1.82, 2.24) is 9.97 Å². The van der Waals surface area contributed by atoms with Crippen LogP contribution in [0.25, 0.3) is 32.6 Å². The van der Waals surface area contributed by atoms with Gasteiger partial charge in [-0.2, -0.15) is 0 Å². The molecule has 25 heavy (non-hydrogen) atoms. The molecular formula is C19H13ClF2N2S. The Bertz CT molecular complexity index is 1080. The van der Waals surface area contributed by atoms with Gasteiger partial charge in [-0.1, -0.05) is 18.5 Å². The summed E-state index contributed by atoms with van der Waals surface area (Å²) in [5.41, 5.74) is 3.37. The largest absolute Gasteiger partial charge is 0.346 e. The van der Waals surface area contributed by atoms with Crippen molar-refractivity contribution < 1.29 is 8.78 Å². The Hall–Kier alpha value is -2.24. The summed E-state index contributed by atoms with van der Waals surface area (Å²) < 4.78 is 28.7. The number of halogens is 3. The Morgan fingerprint density at radius 1 is 1.16 bits per heavy atom. The van der Waals surface area contributed by atoms with E-state index in [1.165, 1.54) is 17.4 Å². The van der Waals surface area contributed by atoms with Gasteiger partial charge >= 0.3 is 0 Å². The van der Waals surface area contributed by atoms with Crippen LogP contribution in [0.2, 0.25) is 4.34 Å². The number of rotatable bonds is 3. The minimum absolute atomic E-state index is 0.474. The van der Waals surface area contributed by atoms with E-state index in [-0.39, 0.29) is 0 Å². The molecule has 126 valence electrons. The molecule has 0 radical (unpaired) electrons. The Kier molecular flexibility index (Phi) is 4.06. The molecule has 3 aromatic heterocycles. The van der Waals surface area contributed by atoms with Crippen LogP contribution < -0.4 is 0 Å². The van der Waals surface area contributed by atoms with Crippen LogP contribution in [0.5, 0.6) is 0 Å². The molecular weight excluding hydrogens is 362 g/mol. The van der Waals surface area contributed by atoms with E-state index < -0.39 is 11.6 Å². The zero-order chi connectivity index (χ0) is 17.6. The standard InChI is InChI=1S/C19H13ClF2N2S/c1-2-12-13(6-11(21)7-16(12)22)15-9-24-19-14(15)5-10(8-23-19)17-3-4-18(20)25-17/h3-9H,2H2,1H3,(H,23,24). The summed E-state index contributed by atoms with van der Waals surface area (Å²) >= 11 is 7.48. The average Bonchev–Trinajstić information content (AvgIpc) is 3.19. The summed E-state index contributed by atoms with van der Waals surface area (Å²) in [6.07, 6.45) is 3.98. The number of nitrogens with zero attached hydrogens (tertiary/aromatic N) is 1. The smallest absolute Gasteiger partial charge is 0.137 e. The summed E-state index contributed by atoms with van der Waals surface area (Å²) in [6.45, 7) is 1.85. The van der Waals surface area contributed by atoms with Crippen molar-refractivity contribution in [2.45, 2.75) is 13.3 Å². The van der Waals surface area contributed by atoms with Crippen molar-refractivity contribution >= 4 is 34.0 Å². The van der Waals surface area contributed by atoms with E-state index in [2.05, 4.69) is 9.97 Å². The summed E-state index contributed by atoms with van der Waals surface area (Å²) in [6, 6.07) is 8.04. The fourth-order valence-corrected chi connectivity index (χ4v) is 4.06. The highest BCUT2D eigenvalue weighted by molar-refractivity contribution is 7.19. The first-order valence-corrected chi connectivity index (χ1v) is 8.97. The van der Waals surface area contributed by atoms with E-state index in [0.29, 0.717) is 27.5 Å². The van der Waals surface area contributed by atoms with Crippen LogP contribution in [0.1, 0.15) is 12.5 Å². The van der Waals surface area contributed by atoms with E-state index in [1.807, 2.05) is 25.1 Å². The Labute approximate surface area is 152 Å². The molecule has 0 aliphatic heterocycles. The molecule has 2 nitrogen and oxygen atoms in total. The van der Waals surface area contributed by atoms with Gasteiger partial charge in [0.2, 0.25) is 0 Å². The van der Waals surface area contributed by atoms with Crippen LogP contribution in [0.15, 0.2) is 42.7 Å². The SMILES string of the molecule is CCc1c(F)cc(F)cc1-c1c[nH]c2ncc(-c3ccc(Cl)s3)cc12. The number of hydrogen-bond donors (Lipinski definition) is 1. The van der Waals surface area contributed by atoms with Gasteiger partial charge in [0.1, 0.15) is 17.3 Å². The molecule has 0 atom stereocenters. The van der Waals surface area contributed by atoms with E-state index in [0.717, 1.165) is 27.5 Å². The Morgan fingerprint density at radius 3 is 2.72 bits per heavy atom. The summed E-state index contributed by atoms with van der Waals surface area (Å²) in [7, 11) is 0. The first-order valence-electron chi connectivity index (χ1n) is 7.78.